The molecule has 0 saturated heterocycles. The smallest absolute Gasteiger partial charge is 0.353 e. The first-order chi connectivity index (χ1) is 9.95. The van der Waals surface area contributed by atoms with Crippen LogP contribution in [-0.2, 0) is 4.79 Å². The van der Waals surface area contributed by atoms with Crippen molar-refractivity contribution in [2.75, 3.05) is 11.9 Å². The van der Waals surface area contributed by atoms with Crippen LogP contribution in [0, 0.1) is 5.82 Å². The van der Waals surface area contributed by atoms with Crippen molar-refractivity contribution < 1.29 is 23.8 Å². The highest BCUT2D eigenvalue weighted by molar-refractivity contribution is 9.10. The third-order valence-corrected chi connectivity index (χ3v) is 2.82. The number of carbonyl (C=O) groups is 2. The Kier molecular flexibility index (Phi) is 4.53. The van der Waals surface area contributed by atoms with E-state index in [4.69, 9.17) is 9.84 Å². The molecule has 0 unspecified atom stereocenters. The molecular formula is C12H9BrFN3O4. The van der Waals surface area contributed by atoms with Crippen molar-refractivity contribution >= 4 is 33.6 Å². The number of anilines is 1. The van der Waals surface area contributed by atoms with Crippen LogP contribution < -0.4 is 10.1 Å². The normalized spacial score (nSPS) is 10.2. The van der Waals surface area contributed by atoms with E-state index in [0.717, 1.165) is 6.07 Å². The van der Waals surface area contributed by atoms with Gasteiger partial charge in [0.15, 0.2) is 24.0 Å². The fraction of sp³-hybridized carbons (Fsp3) is 0.0833. The zero-order chi connectivity index (χ0) is 15.4. The van der Waals surface area contributed by atoms with Crippen LogP contribution in [0.4, 0.5) is 10.2 Å². The van der Waals surface area contributed by atoms with E-state index in [2.05, 4.69) is 31.4 Å². The number of benzene rings is 1. The van der Waals surface area contributed by atoms with Crippen molar-refractivity contribution in [3.8, 4) is 5.75 Å². The Morgan fingerprint density at radius 1 is 1.43 bits per heavy atom. The van der Waals surface area contributed by atoms with Crippen LogP contribution in [0.25, 0.3) is 0 Å². The average Bonchev–Trinajstić information content (AvgIpc) is 2.86. The van der Waals surface area contributed by atoms with E-state index in [-0.39, 0.29) is 17.3 Å². The second-order valence-corrected chi connectivity index (χ2v) is 4.80. The Bertz CT molecular complexity index is 689. The maximum atomic E-state index is 13.5. The van der Waals surface area contributed by atoms with Gasteiger partial charge in [-0.25, -0.2) is 9.18 Å². The number of nitrogens with one attached hydrogen (secondary N) is 2. The predicted octanol–water partition coefficient (Wildman–Crippen LogP) is 2.03. The molecule has 110 valence electrons. The number of carbonyl (C=O) groups excluding carboxylic acids is 1. The van der Waals surface area contributed by atoms with E-state index in [0.29, 0.717) is 4.47 Å². The van der Waals surface area contributed by atoms with Gasteiger partial charge < -0.3 is 15.2 Å². The molecule has 1 heterocycles. The molecule has 1 aromatic heterocycles. The Morgan fingerprint density at radius 3 is 2.81 bits per heavy atom. The Hall–Kier alpha value is -2.42. The van der Waals surface area contributed by atoms with Gasteiger partial charge in [0.25, 0.3) is 5.91 Å². The van der Waals surface area contributed by atoms with Crippen LogP contribution >= 0.6 is 15.9 Å². The van der Waals surface area contributed by atoms with E-state index in [1.807, 2.05) is 0 Å². The fourth-order valence-electron chi connectivity index (χ4n) is 1.41. The first kappa shape index (κ1) is 15.0. The van der Waals surface area contributed by atoms with Crippen molar-refractivity contribution in [3.63, 3.8) is 0 Å². The summed E-state index contributed by atoms with van der Waals surface area (Å²) in [4.78, 5) is 22.2. The number of halogens is 2. The molecule has 3 N–H and O–H groups in total. The van der Waals surface area contributed by atoms with Gasteiger partial charge in [0.1, 0.15) is 5.69 Å². The quantitative estimate of drug-likeness (QED) is 0.759. The largest absolute Gasteiger partial charge is 0.481 e. The summed E-state index contributed by atoms with van der Waals surface area (Å²) in [6.45, 7) is -0.437. The molecule has 0 aliphatic carbocycles. The highest BCUT2D eigenvalue weighted by Crippen LogP contribution is 2.21. The molecule has 2 aromatic rings. The van der Waals surface area contributed by atoms with Crippen LogP contribution in [0.5, 0.6) is 5.75 Å². The molecule has 2 rings (SSSR count). The lowest BCUT2D eigenvalue weighted by molar-refractivity contribution is -0.118. The second kappa shape index (κ2) is 6.35. The van der Waals surface area contributed by atoms with Gasteiger partial charge in [0.05, 0.1) is 0 Å². The molecule has 0 aliphatic heterocycles. The number of hydrogen-bond donors (Lipinski definition) is 3. The summed E-state index contributed by atoms with van der Waals surface area (Å²) in [6.07, 6.45) is 0. The van der Waals surface area contributed by atoms with Crippen LogP contribution in [0.3, 0.4) is 0 Å². The van der Waals surface area contributed by atoms with Gasteiger partial charge in [-0.3, -0.25) is 9.89 Å². The van der Waals surface area contributed by atoms with Crippen LogP contribution in [0.2, 0.25) is 0 Å². The minimum atomic E-state index is -1.20. The number of carboxylic acid groups (broad SMARTS) is 1. The minimum Gasteiger partial charge on any atom is -0.481 e. The molecule has 1 aromatic carbocycles. The third-order valence-electron chi connectivity index (χ3n) is 2.33. The lowest BCUT2D eigenvalue weighted by Gasteiger charge is -2.06. The SMILES string of the molecule is O=C(COc1ccc(Br)cc1F)Nc1cc(C(=O)O)[nH]n1. The Morgan fingerprint density at radius 2 is 2.19 bits per heavy atom. The number of nitrogens with zero attached hydrogens (tertiary/aromatic N) is 1. The Balaban J connectivity index is 1.91. The zero-order valence-electron chi connectivity index (χ0n) is 10.4. The third kappa shape index (κ3) is 4.02. The second-order valence-electron chi connectivity index (χ2n) is 3.88. The van der Waals surface area contributed by atoms with E-state index in [1.54, 1.807) is 6.07 Å². The summed E-state index contributed by atoms with van der Waals surface area (Å²) in [6, 6.07) is 5.31. The lowest BCUT2D eigenvalue weighted by Crippen LogP contribution is -2.20. The predicted molar refractivity (Wildman–Crippen MR) is 73.8 cm³/mol. The highest BCUT2D eigenvalue weighted by atomic mass is 79.9. The van der Waals surface area contributed by atoms with Crippen molar-refractivity contribution in [1.82, 2.24) is 10.2 Å². The summed E-state index contributed by atoms with van der Waals surface area (Å²) in [7, 11) is 0. The van der Waals surface area contributed by atoms with E-state index in [9.17, 15) is 14.0 Å². The van der Waals surface area contributed by atoms with E-state index < -0.39 is 24.3 Å². The standard InChI is InChI=1S/C12H9BrFN3O4/c13-6-1-2-9(7(14)3-6)21-5-11(18)15-10-4-8(12(19)20)16-17-10/h1-4H,5H2,(H,19,20)(H2,15,16,17,18). The topological polar surface area (TPSA) is 104 Å². The maximum absolute atomic E-state index is 13.5. The highest BCUT2D eigenvalue weighted by Gasteiger charge is 2.11. The van der Waals surface area contributed by atoms with Gasteiger partial charge in [0, 0.05) is 10.5 Å². The summed E-state index contributed by atoms with van der Waals surface area (Å²) in [5.74, 6) is -2.43. The van der Waals surface area contributed by atoms with Crippen LogP contribution in [0.1, 0.15) is 10.5 Å². The van der Waals surface area contributed by atoms with Crippen molar-refractivity contribution in [2.45, 2.75) is 0 Å². The van der Waals surface area contributed by atoms with Crippen LogP contribution in [0.15, 0.2) is 28.7 Å². The lowest BCUT2D eigenvalue weighted by atomic mass is 10.3. The molecular weight excluding hydrogens is 349 g/mol. The molecule has 0 fully saturated rings. The molecule has 0 bridgehead atoms. The van der Waals surface area contributed by atoms with Gasteiger partial charge in [-0.15, -0.1) is 0 Å². The average molecular weight is 358 g/mol. The minimum absolute atomic E-state index is 0.0391. The summed E-state index contributed by atoms with van der Waals surface area (Å²) in [5.41, 5.74) is -0.162. The number of carboxylic acids is 1. The van der Waals surface area contributed by atoms with Gasteiger partial charge in [-0.05, 0) is 18.2 Å². The molecule has 0 radical (unpaired) electrons. The number of rotatable bonds is 5. The maximum Gasteiger partial charge on any atom is 0.353 e. The Labute approximate surface area is 126 Å². The molecule has 1 amide bonds. The molecule has 7 nitrogen and oxygen atoms in total. The molecule has 0 atom stereocenters. The number of H-pyrrole nitrogens is 1. The number of ether oxygens (including phenoxy) is 1. The molecule has 9 heteroatoms. The summed E-state index contributed by atoms with van der Waals surface area (Å²) >= 11 is 3.10. The van der Waals surface area contributed by atoms with Crippen molar-refractivity contribution in [1.29, 1.82) is 0 Å². The van der Waals surface area contributed by atoms with E-state index in [1.165, 1.54) is 12.1 Å². The monoisotopic (exact) mass is 357 g/mol. The molecule has 0 saturated carbocycles. The van der Waals surface area contributed by atoms with Crippen molar-refractivity contribution in [3.05, 3.63) is 40.2 Å². The fourth-order valence-corrected chi connectivity index (χ4v) is 1.74. The van der Waals surface area contributed by atoms with Gasteiger partial charge in [0.2, 0.25) is 0 Å². The summed E-state index contributed by atoms with van der Waals surface area (Å²) in [5, 5.41) is 16.8. The number of aromatic carboxylic acids is 1. The van der Waals surface area contributed by atoms with Gasteiger partial charge in [-0.1, -0.05) is 15.9 Å². The first-order valence-corrected chi connectivity index (χ1v) is 6.41. The van der Waals surface area contributed by atoms with Gasteiger partial charge in [-0.2, -0.15) is 5.10 Å². The number of amides is 1. The number of hydrogen-bond acceptors (Lipinski definition) is 4. The van der Waals surface area contributed by atoms with Crippen molar-refractivity contribution in [2.24, 2.45) is 0 Å². The molecule has 21 heavy (non-hydrogen) atoms. The first-order valence-electron chi connectivity index (χ1n) is 5.62. The number of aromatic nitrogens is 2. The molecule has 0 spiro atoms. The zero-order valence-corrected chi connectivity index (χ0v) is 12.0. The molecule has 0 aliphatic rings. The van der Waals surface area contributed by atoms with Gasteiger partial charge >= 0.3 is 5.97 Å². The number of aromatic amines is 1. The van der Waals surface area contributed by atoms with E-state index >= 15 is 0 Å². The van der Waals surface area contributed by atoms with Crippen LogP contribution in [-0.4, -0.2) is 33.8 Å². The summed E-state index contributed by atoms with van der Waals surface area (Å²) < 4.78 is 19.0.